The minimum atomic E-state index is -0.0784. The van der Waals surface area contributed by atoms with Crippen LogP contribution in [0.2, 0.25) is 0 Å². The number of rotatable bonds is 5. The van der Waals surface area contributed by atoms with Gasteiger partial charge in [-0.3, -0.25) is 14.3 Å². The second-order valence-electron chi connectivity index (χ2n) is 7.95. The molecule has 5 rings (SSSR count). The van der Waals surface area contributed by atoms with E-state index in [4.69, 9.17) is 9.72 Å². The smallest absolute Gasteiger partial charge is 0.255 e. The van der Waals surface area contributed by atoms with E-state index in [0.717, 1.165) is 35.6 Å². The molecule has 0 radical (unpaired) electrons. The number of hydrogen-bond acceptors (Lipinski definition) is 5. The molecule has 0 N–H and O–H groups in total. The maximum atomic E-state index is 12.7. The van der Waals surface area contributed by atoms with Crippen molar-refractivity contribution in [3.63, 3.8) is 0 Å². The van der Waals surface area contributed by atoms with E-state index in [2.05, 4.69) is 28.1 Å². The van der Waals surface area contributed by atoms with Crippen molar-refractivity contribution in [3.8, 4) is 22.8 Å². The van der Waals surface area contributed by atoms with E-state index in [-0.39, 0.29) is 5.56 Å². The Balaban J connectivity index is 1.37. The first-order valence-corrected chi connectivity index (χ1v) is 10.9. The average Bonchev–Trinajstić information content (AvgIpc) is 2.87. The van der Waals surface area contributed by atoms with E-state index in [1.54, 1.807) is 30.1 Å². The van der Waals surface area contributed by atoms with E-state index in [1.165, 1.54) is 5.57 Å². The van der Waals surface area contributed by atoms with Gasteiger partial charge in [-0.1, -0.05) is 36.4 Å². The summed E-state index contributed by atoms with van der Waals surface area (Å²) in [7, 11) is 1.77. The summed E-state index contributed by atoms with van der Waals surface area (Å²) in [6.45, 7) is 1.48. The first-order chi connectivity index (χ1) is 16.2. The lowest BCUT2D eigenvalue weighted by Crippen LogP contribution is -2.35. The van der Waals surface area contributed by atoms with E-state index in [1.807, 2.05) is 54.6 Å². The molecule has 0 saturated carbocycles. The summed E-state index contributed by atoms with van der Waals surface area (Å²) in [5.41, 5.74) is 3.80. The zero-order chi connectivity index (χ0) is 22.6. The Bertz CT molecular complexity index is 1330. The lowest BCUT2D eigenvalue weighted by Gasteiger charge is -2.30. The van der Waals surface area contributed by atoms with Crippen LogP contribution in [0, 0.1) is 0 Å². The standard InChI is InChI=1S/C27H24N4O2/c1-30-26(32)18-25(21-13-15-28-16-14-21)29-27(30)31-17-5-6-22(19-31)20-9-11-24(12-10-20)33-23-7-3-2-4-8-23/h2-4,6-16,18H,5,17,19H2,1H3. The zero-order valence-corrected chi connectivity index (χ0v) is 18.4. The van der Waals surface area contributed by atoms with Crippen molar-refractivity contribution in [1.29, 1.82) is 0 Å². The van der Waals surface area contributed by atoms with Crippen LogP contribution in [0.3, 0.4) is 0 Å². The molecule has 6 heteroatoms. The van der Waals surface area contributed by atoms with Crippen LogP contribution >= 0.6 is 0 Å². The van der Waals surface area contributed by atoms with Gasteiger partial charge in [0.2, 0.25) is 5.95 Å². The Morgan fingerprint density at radius 1 is 0.879 bits per heavy atom. The minimum absolute atomic E-state index is 0.0784. The number of benzene rings is 2. The molecule has 1 aliphatic heterocycles. The van der Waals surface area contributed by atoms with Crippen LogP contribution in [0.15, 0.2) is 96.1 Å². The highest BCUT2D eigenvalue weighted by Crippen LogP contribution is 2.28. The second-order valence-corrected chi connectivity index (χ2v) is 7.95. The molecule has 0 unspecified atom stereocenters. The van der Waals surface area contributed by atoms with Crippen LogP contribution in [0.5, 0.6) is 11.5 Å². The Morgan fingerprint density at radius 2 is 1.61 bits per heavy atom. The highest BCUT2D eigenvalue weighted by atomic mass is 16.5. The molecule has 0 atom stereocenters. The van der Waals surface area contributed by atoms with Crippen LogP contribution in [0.4, 0.5) is 5.95 Å². The number of para-hydroxylation sites is 1. The lowest BCUT2D eigenvalue weighted by atomic mass is 10.0. The van der Waals surface area contributed by atoms with E-state index >= 15 is 0 Å². The van der Waals surface area contributed by atoms with Crippen LogP contribution in [-0.4, -0.2) is 27.6 Å². The molecule has 164 valence electrons. The quantitative estimate of drug-likeness (QED) is 0.444. The van der Waals surface area contributed by atoms with Gasteiger partial charge in [-0.05, 0) is 54.0 Å². The van der Waals surface area contributed by atoms with Crippen LogP contribution in [0.25, 0.3) is 16.8 Å². The first-order valence-electron chi connectivity index (χ1n) is 10.9. The monoisotopic (exact) mass is 436 g/mol. The third kappa shape index (κ3) is 4.55. The Hall–Kier alpha value is -4.19. The second kappa shape index (κ2) is 9.12. The van der Waals surface area contributed by atoms with Crippen molar-refractivity contribution < 1.29 is 4.74 Å². The Kier molecular flexibility index (Phi) is 5.72. The van der Waals surface area contributed by atoms with Gasteiger partial charge in [-0.15, -0.1) is 0 Å². The normalized spacial score (nSPS) is 13.5. The highest BCUT2D eigenvalue weighted by molar-refractivity contribution is 5.71. The molecule has 0 amide bonds. The molecule has 0 fully saturated rings. The fraction of sp³-hybridized carbons (Fsp3) is 0.148. The van der Waals surface area contributed by atoms with E-state index < -0.39 is 0 Å². The summed E-state index contributed by atoms with van der Waals surface area (Å²) in [4.78, 5) is 23.7. The fourth-order valence-electron chi connectivity index (χ4n) is 3.97. The summed E-state index contributed by atoms with van der Waals surface area (Å²) in [6.07, 6.45) is 6.56. The van der Waals surface area contributed by atoms with Gasteiger partial charge >= 0.3 is 0 Å². The van der Waals surface area contributed by atoms with Gasteiger partial charge in [-0.2, -0.15) is 0 Å². The molecular formula is C27H24N4O2. The van der Waals surface area contributed by atoms with E-state index in [9.17, 15) is 4.79 Å². The molecule has 4 aromatic rings. The molecule has 6 nitrogen and oxygen atoms in total. The maximum Gasteiger partial charge on any atom is 0.255 e. The fourth-order valence-corrected chi connectivity index (χ4v) is 3.97. The van der Waals surface area contributed by atoms with Gasteiger partial charge in [0.1, 0.15) is 11.5 Å². The average molecular weight is 437 g/mol. The summed E-state index contributed by atoms with van der Waals surface area (Å²) >= 11 is 0. The summed E-state index contributed by atoms with van der Waals surface area (Å²) in [5, 5.41) is 0. The number of hydrogen-bond donors (Lipinski definition) is 0. The molecule has 2 aromatic heterocycles. The van der Waals surface area contributed by atoms with Gasteiger partial charge in [0.25, 0.3) is 5.56 Å². The summed E-state index contributed by atoms with van der Waals surface area (Å²) in [5.74, 6) is 2.28. The zero-order valence-electron chi connectivity index (χ0n) is 18.4. The number of anilines is 1. The first kappa shape index (κ1) is 20.7. The van der Waals surface area contributed by atoms with Crippen molar-refractivity contribution in [2.75, 3.05) is 18.0 Å². The highest BCUT2D eigenvalue weighted by Gasteiger charge is 2.19. The third-order valence-corrected chi connectivity index (χ3v) is 5.73. The van der Waals surface area contributed by atoms with Gasteiger partial charge in [0, 0.05) is 44.2 Å². The van der Waals surface area contributed by atoms with Crippen molar-refractivity contribution >= 4 is 11.5 Å². The number of nitrogens with zero attached hydrogens (tertiary/aromatic N) is 4. The third-order valence-electron chi connectivity index (χ3n) is 5.73. The SMILES string of the molecule is Cn1c(N2CCC=C(c3ccc(Oc4ccccc4)cc3)C2)nc(-c2ccncc2)cc1=O. The van der Waals surface area contributed by atoms with E-state index in [0.29, 0.717) is 18.2 Å². The summed E-state index contributed by atoms with van der Waals surface area (Å²) < 4.78 is 7.53. The minimum Gasteiger partial charge on any atom is -0.457 e. The number of ether oxygens (including phenoxy) is 1. The molecule has 1 aliphatic rings. The number of aromatic nitrogens is 3. The lowest BCUT2D eigenvalue weighted by molar-refractivity contribution is 0.482. The molecule has 0 aliphatic carbocycles. The molecule has 2 aromatic carbocycles. The van der Waals surface area contributed by atoms with Gasteiger partial charge in [0.15, 0.2) is 0 Å². The molecule has 3 heterocycles. The van der Waals surface area contributed by atoms with Gasteiger partial charge in [0.05, 0.1) is 5.69 Å². The predicted molar refractivity (Wildman–Crippen MR) is 130 cm³/mol. The topological polar surface area (TPSA) is 60.2 Å². The van der Waals surface area contributed by atoms with Gasteiger partial charge < -0.3 is 9.64 Å². The summed E-state index contributed by atoms with van der Waals surface area (Å²) in [6, 6.07) is 23.2. The molecule has 0 bridgehead atoms. The molecule has 33 heavy (non-hydrogen) atoms. The van der Waals surface area contributed by atoms with Crippen molar-refractivity contribution in [2.45, 2.75) is 6.42 Å². The van der Waals surface area contributed by atoms with Crippen molar-refractivity contribution in [1.82, 2.24) is 14.5 Å². The molecule has 0 saturated heterocycles. The van der Waals surface area contributed by atoms with Crippen LogP contribution < -0.4 is 15.2 Å². The molecule has 0 spiro atoms. The molecular weight excluding hydrogens is 412 g/mol. The Morgan fingerprint density at radius 3 is 2.36 bits per heavy atom. The van der Waals surface area contributed by atoms with Crippen LogP contribution in [0.1, 0.15) is 12.0 Å². The Labute approximate surface area is 192 Å². The maximum absolute atomic E-state index is 12.7. The van der Waals surface area contributed by atoms with Crippen molar-refractivity contribution in [2.24, 2.45) is 7.05 Å². The number of pyridine rings is 1. The predicted octanol–water partition coefficient (Wildman–Crippen LogP) is 4.93. The van der Waals surface area contributed by atoms with Crippen molar-refractivity contribution in [3.05, 3.63) is 107 Å². The van der Waals surface area contributed by atoms with Gasteiger partial charge in [-0.25, -0.2) is 4.98 Å². The van der Waals surface area contributed by atoms with Crippen LogP contribution in [-0.2, 0) is 7.05 Å². The largest absolute Gasteiger partial charge is 0.457 e.